The number of carbonyl (C=O) groups excluding carboxylic acids is 1. The fourth-order valence-corrected chi connectivity index (χ4v) is 2.02. The lowest BCUT2D eigenvalue weighted by atomic mass is 10.2. The summed E-state index contributed by atoms with van der Waals surface area (Å²) in [6.07, 6.45) is 0. The van der Waals surface area contributed by atoms with Crippen LogP contribution in [0.4, 0.5) is 5.95 Å². The van der Waals surface area contributed by atoms with Crippen LogP contribution in [0.15, 0.2) is 18.2 Å². The molecule has 108 valence electrons. The number of aromatic nitrogens is 2. The van der Waals surface area contributed by atoms with E-state index >= 15 is 0 Å². The van der Waals surface area contributed by atoms with Crippen molar-refractivity contribution in [2.24, 2.45) is 0 Å². The molecule has 2 rings (SSSR count). The van der Waals surface area contributed by atoms with E-state index in [1.54, 1.807) is 19.1 Å². The minimum absolute atomic E-state index is 0.337. The normalized spacial score (nSPS) is 11.2. The number of likely N-dealkylation sites (N-methyl/N-ethyl adjacent to an activating group) is 1. The average molecular weight is 276 g/mol. The third-order valence-corrected chi connectivity index (χ3v) is 3.06. The first kappa shape index (κ1) is 14.3. The number of imidazole rings is 1. The number of rotatable bonds is 5. The molecule has 0 aliphatic heterocycles. The summed E-state index contributed by atoms with van der Waals surface area (Å²) in [5.74, 6) is 0.124. The molecule has 0 atom stereocenters. The van der Waals surface area contributed by atoms with Crippen LogP contribution in [0, 0.1) is 0 Å². The van der Waals surface area contributed by atoms with E-state index in [4.69, 9.17) is 10.5 Å². The quantitative estimate of drug-likeness (QED) is 0.835. The Morgan fingerprint density at radius 3 is 2.85 bits per heavy atom. The molecule has 6 nitrogen and oxygen atoms in total. The summed E-state index contributed by atoms with van der Waals surface area (Å²) in [6.45, 7) is 3.77. The number of anilines is 1. The number of esters is 1. The topological polar surface area (TPSA) is 73.4 Å². The van der Waals surface area contributed by atoms with Gasteiger partial charge in [-0.05, 0) is 39.2 Å². The van der Waals surface area contributed by atoms with Gasteiger partial charge in [0.2, 0.25) is 5.95 Å². The maximum Gasteiger partial charge on any atom is 0.338 e. The molecular formula is C14H20N4O2. The standard InChI is InChI=1S/C14H20N4O2/c1-4-20-13(19)10-5-6-12-11(9-10)16-14(15)18(12)8-7-17(2)3/h5-6,9H,4,7-8H2,1-3H3,(H2,15,16). The van der Waals surface area contributed by atoms with Crippen LogP contribution in [0.25, 0.3) is 11.0 Å². The van der Waals surface area contributed by atoms with Crippen LogP contribution < -0.4 is 5.73 Å². The second kappa shape index (κ2) is 5.92. The molecule has 6 heteroatoms. The van der Waals surface area contributed by atoms with Crippen LogP contribution in [0.1, 0.15) is 17.3 Å². The number of fused-ring (bicyclic) bond motifs is 1. The molecule has 0 aliphatic rings. The first-order valence-electron chi connectivity index (χ1n) is 6.60. The van der Waals surface area contributed by atoms with E-state index in [0.717, 1.165) is 18.6 Å². The Morgan fingerprint density at radius 1 is 1.45 bits per heavy atom. The number of hydrogen-bond acceptors (Lipinski definition) is 5. The highest BCUT2D eigenvalue weighted by atomic mass is 16.5. The summed E-state index contributed by atoms with van der Waals surface area (Å²) in [5.41, 5.74) is 8.08. The molecule has 0 saturated carbocycles. The van der Waals surface area contributed by atoms with E-state index in [1.165, 1.54) is 0 Å². The van der Waals surface area contributed by atoms with Gasteiger partial charge < -0.3 is 19.9 Å². The minimum atomic E-state index is -0.337. The molecule has 2 N–H and O–H groups in total. The molecular weight excluding hydrogens is 256 g/mol. The molecule has 0 unspecified atom stereocenters. The van der Waals surface area contributed by atoms with Gasteiger partial charge in [-0.1, -0.05) is 0 Å². The summed E-state index contributed by atoms with van der Waals surface area (Å²) in [5, 5.41) is 0. The molecule has 1 heterocycles. The molecule has 0 radical (unpaired) electrons. The minimum Gasteiger partial charge on any atom is -0.462 e. The van der Waals surface area contributed by atoms with Gasteiger partial charge in [-0.3, -0.25) is 0 Å². The van der Waals surface area contributed by atoms with Gasteiger partial charge in [0.25, 0.3) is 0 Å². The van der Waals surface area contributed by atoms with Gasteiger partial charge in [0.05, 0.1) is 23.2 Å². The van der Waals surface area contributed by atoms with E-state index in [-0.39, 0.29) is 5.97 Å². The maximum absolute atomic E-state index is 11.7. The first-order valence-corrected chi connectivity index (χ1v) is 6.60. The number of carbonyl (C=O) groups is 1. The van der Waals surface area contributed by atoms with E-state index in [2.05, 4.69) is 9.88 Å². The van der Waals surface area contributed by atoms with Crippen molar-refractivity contribution in [2.75, 3.05) is 33.0 Å². The lowest BCUT2D eigenvalue weighted by Gasteiger charge is -2.11. The number of nitrogens with two attached hydrogens (primary N) is 1. The molecule has 0 bridgehead atoms. The van der Waals surface area contributed by atoms with Crippen LogP contribution in [-0.4, -0.2) is 47.7 Å². The van der Waals surface area contributed by atoms with Crippen molar-refractivity contribution in [3.05, 3.63) is 23.8 Å². The number of nitrogens with zero attached hydrogens (tertiary/aromatic N) is 3. The van der Waals surface area contributed by atoms with Crippen molar-refractivity contribution in [1.29, 1.82) is 0 Å². The Labute approximate surface area is 118 Å². The highest BCUT2D eigenvalue weighted by Gasteiger charge is 2.12. The summed E-state index contributed by atoms with van der Waals surface area (Å²) < 4.78 is 6.93. The summed E-state index contributed by atoms with van der Waals surface area (Å²) in [4.78, 5) is 18.1. The van der Waals surface area contributed by atoms with Crippen LogP contribution in [0.3, 0.4) is 0 Å². The Kier molecular flexibility index (Phi) is 4.24. The van der Waals surface area contributed by atoms with Crippen molar-refractivity contribution in [3.63, 3.8) is 0 Å². The molecule has 20 heavy (non-hydrogen) atoms. The largest absolute Gasteiger partial charge is 0.462 e. The second-order valence-corrected chi connectivity index (χ2v) is 4.85. The van der Waals surface area contributed by atoms with Crippen molar-refractivity contribution in [2.45, 2.75) is 13.5 Å². The van der Waals surface area contributed by atoms with Crippen molar-refractivity contribution in [1.82, 2.24) is 14.5 Å². The zero-order valence-corrected chi connectivity index (χ0v) is 12.1. The lowest BCUT2D eigenvalue weighted by Crippen LogP contribution is -2.19. The van der Waals surface area contributed by atoms with Crippen molar-refractivity contribution >= 4 is 23.0 Å². The first-order chi connectivity index (χ1) is 9.52. The van der Waals surface area contributed by atoms with Gasteiger partial charge >= 0.3 is 5.97 Å². The number of hydrogen-bond donors (Lipinski definition) is 1. The van der Waals surface area contributed by atoms with E-state index in [1.807, 2.05) is 24.7 Å². The van der Waals surface area contributed by atoms with Gasteiger partial charge in [0.15, 0.2) is 0 Å². The molecule has 0 saturated heterocycles. The number of ether oxygens (including phenoxy) is 1. The summed E-state index contributed by atoms with van der Waals surface area (Å²) in [7, 11) is 4.02. The Morgan fingerprint density at radius 2 is 2.20 bits per heavy atom. The van der Waals surface area contributed by atoms with Crippen molar-refractivity contribution < 1.29 is 9.53 Å². The SMILES string of the molecule is CCOC(=O)c1ccc2c(c1)nc(N)n2CCN(C)C. The van der Waals surface area contributed by atoms with Gasteiger partial charge in [-0.15, -0.1) is 0 Å². The molecule has 0 fully saturated rings. The Balaban J connectivity index is 2.33. The predicted molar refractivity (Wildman–Crippen MR) is 78.7 cm³/mol. The van der Waals surface area contributed by atoms with Gasteiger partial charge in [0.1, 0.15) is 0 Å². The molecule has 0 aliphatic carbocycles. The highest BCUT2D eigenvalue weighted by molar-refractivity contribution is 5.94. The zero-order chi connectivity index (χ0) is 14.7. The highest BCUT2D eigenvalue weighted by Crippen LogP contribution is 2.19. The third-order valence-electron chi connectivity index (χ3n) is 3.06. The Hall–Kier alpha value is -2.08. The van der Waals surface area contributed by atoms with Crippen LogP contribution in [0.5, 0.6) is 0 Å². The lowest BCUT2D eigenvalue weighted by molar-refractivity contribution is 0.0526. The third kappa shape index (κ3) is 2.91. The molecule has 1 aromatic carbocycles. The van der Waals surface area contributed by atoms with E-state index < -0.39 is 0 Å². The molecule has 2 aromatic rings. The summed E-state index contributed by atoms with van der Waals surface area (Å²) in [6, 6.07) is 5.32. The van der Waals surface area contributed by atoms with Gasteiger partial charge in [-0.2, -0.15) is 0 Å². The number of benzene rings is 1. The van der Waals surface area contributed by atoms with Gasteiger partial charge in [0, 0.05) is 13.1 Å². The molecule has 0 amide bonds. The van der Waals surface area contributed by atoms with E-state index in [9.17, 15) is 4.79 Å². The second-order valence-electron chi connectivity index (χ2n) is 4.85. The fourth-order valence-electron chi connectivity index (χ4n) is 2.02. The van der Waals surface area contributed by atoms with E-state index in [0.29, 0.717) is 23.6 Å². The number of nitrogen functional groups attached to an aromatic ring is 1. The smallest absolute Gasteiger partial charge is 0.338 e. The van der Waals surface area contributed by atoms with Crippen molar-refractivity contribution in [3.8, 4) is 0 Å². The molecule has 0 spiro atoms. The molecule has 1 aromatic heterocycles. The van der Waals surface area contributed by atoms with Gasteiger partial charge in [-0.25, -0.2) is 9.78 Å². The zero-order valence-electron chi connectivity index (χ0n) is 12.1. The predicted octanol–water partition coefficient (Wildman–Crippen LogP) is 1.36. The Bertz CT molecular complexity index is 619. The van der Waals surface area contributed by atoms with Crippen LogP contribution >= 0.6 is 0 Å². The monoisotopic (exact) mass is 276 g/mol. The summed E-state index contributed by atoms with van der Waals surface area (Å²) >= 11 is 0. The average Bonchev–Trinajstić information content (AvgIpc) is 2.71. The van der Waals surface area contributed by atoms with Crippen LogP contribution in [-0.2, 0) is 11.3 Å². The van der Waals surface area contributed by atoms with Crippen LogP contribution in [0.2, 0.25) is 0 Å². The maximum atomic E-state index is 11.7. The fraction of sp³-hybridized carbons (Fsp3) is 0.429.